The van der Waals surface area contributed by atoms with Gasteiger partial charge in [0, 0.05) is 33.1 Å². The molecule has 7 nitrogen and oxygen atoms in total. The van der Waals surface area contributed by atoms with E-state index >= 15 is 0 Å². The van der Waals surface area contributed by atoms with Crippen molar-refractivity contribution in [2.75, 3.05) is 0 Å². The van der Waals surface area contributed by atoms with Gasteiger partial charge < -0.3 is 9.47 Å². The molecule has 4 aliphatic rings. The van der Waals surface area contributed by atoms with Gasteiger partial charge in [0.05, 0.1) is 11.0 Å². The Morgan fingerprint density at radius 2 is 1.63 bits per heavy atom. The van der Waals surface area contributed by atoms with Gasteiger partial charge >= 0.3 is 11.9 Å². The van der Waals surface area contributed by atoms with E-state index in [9.17, 15) is 14.4 Å². The molecule has 0 bridgehead atoms. The molecule has 7 heteroatoms. The molecule has 6 rings (SSSR count). The van der Waals surface area contributed by atoms with E-state index in [0.29, 0.717) is 35.5 Å². The van der Waals surface area contributed by atoms with Gasteiger partial charge in [-0.05, 0) is 110 Å². The minimum atomic E-state index is -0.197. The van der Waals surface area contributed by atoms with E-state index in [2.05, 4.69) is 20.8 Å². The summed E-state index contributed by atoms with van der Waals surface area (Å²) in [6.45, 7) is 12.1. The molecule has 0 radical (unpaired) electrons. The zero-order valence-corrected chi connectivity index (χ0v) is 26.9. The molecule has 4 saturated carbocycles. The Labute approximate surface area is 256 Å². The number of esters is 2. The molecule has 0 N–H and O–H groups in total. The lowest BCUT2D eigenvalue weighted by atomic mass is 9.43. The monoisotopic (exact) mass is 590 g/mol. The van der Waals surface area contributed by atoms with E-state index in [1.165, 1.54) is 32.6 Å². The maximum atomic E-state index is 12.6. The highest BCUT2D eigenvalue weighted by Crippen LogP contribution is 2.68. The average Bonchev–Trinajstić information content (AvgIpc) is 3.49. The quantitative estimate of drug-likeness (QED) is 0.326. The predicted octanol–water partition coefficient (Wildman–Crippen LogP) is 7.40. The summed E-state index contributed by atoms with van der Waals surface area (Å²) in [5.41, 5.74) is 2.17. The van der Waals surface area contributed by atoms with Crippen LogP contribution in [0.1, 0.15) is 110 Å². The zero-order chi connectivity index (χ0) is 30.7. The maximum Gasteiger partial charge on any atom is 0.302 e. The second-order valence-electron chi connectivity index (χ2n) is 15.0. The summed E-state index contributed by atoms with van der Waals surface area (Å²) in [4.78, 5) is 41.6. The number of ether oxygens (including phenoxy) is 2. The predicted molar refractivity (Wildman–Crippen MR) is 165 cm³/mol. The fourth-order valence-electron chi connectivity index (χ4n) is 11.0. The minimum Gasteiger partial charge on any atom is -0.463 e. The van der Waals surface area contributed by atoms with Crippen molar-refractivity contribution in [2.24, 2.45) is 46.3 Å². The van der Waals surface area contributed by atoms with E-state index in [-0.39, 0.29) is 40.9 Å². The fourth-order valence-corrected chi connectivity index (χ4v) is 11.0. The summed E-state index contributed by atoms with van der Waals surface area (Å²) in [6.07, 6.45) is 10.2. The van der Waals surface area contributed by atoms with Crippen molar-refractivity contribution < 1.29 is 23.9 Å². The molecule has 0 aliphatic heterocycles. The molecule has 1 unspecified atom stereocenters. The highest BCUT2D eigenvalue weighted by Gasteiger charge is 2.64. The summed E-state index contributed by atoms with van der Waals surface area (Å²) in [6, 6.07) is 7.91. The van der Waals surface area contributed by atoms with Crippen LogP contribution >= 0.6 is 0 Å². The summed E-state index contributed by atoms with van der Waals surface area (Å²) < 4.78 is 13.7. The Hall–Kier alpha value is -2.70. The number of carbonyl (C=O) groups is 3. The average molecular weight is 591 g/mol. The van der Waals surface area contributed by atoms with Gasteiger partial charge in [-0.25, -0.2) is 4.98 Å². The van der Waals surface area contributed by atoms with E-state index in [1.807, 2.05) is 24.3 Å². The second-order valence-corrected chi connectivity index (χ2v) is 15.0. The Bertz CT molecular complexity index is 1400. The summed E-state index contributed by atoms with van der Waals surface area (Å²) in [7, 11) is 0. The van der Waals surface area contributed by atoms with Crippen LogP contribution in [0.3, 0.4) is 0 Å². The van der Waals surface area contributed by atoms with Crippen molar-refractivity contribution in [1.29, 1.82) is 0 Å². The van der Waals surface area contributed by atoms with Crippen LogP contribution in [-0.4, -0.2) is 39.6 Å². The Balaban J connectivity index is 1.22. The van der Waals surface area contributed by atoms with Crippen LogP contribution in [0.2, 0.25) is 0 Å². The molecule has 1 aromatic heterocycles. The molecule has 0 amide bonds. The SMILES string of the molecule is CC(=O)O[C@@H]1CC[C@@]2(C)C(C1)C[C@@H](OC(C)=O)[C@H]1[C@@H]3CC[C@H]([C@H](C)CCc4nc5ccccc5n4C(C)=O)[C@@]3(C)CC[C@@H]12. The number of benzene rings is 1. The molecular weight excluding hydrogens is 540 g/mol. The molecule has 43 heavy (non-hydrogen) atoms. The third-order valence-corrected chi connectivity index (χ3v) is 12.8. The van der Waals surface area contributed by atoms with E-state index in [0.717, 1.165) is 55.4 Å². The third kappa shape index (κ3) is 5.22. The smallest absolute Gasteiger partial charge is 0.302 e. The van der Waals surface area contributed by atoms with Gasteiger partial charge in [0.15, 0.2) is 0 Å². The lowest BCUT2D eigenvalue weighted by Crippen LogP contribution is -2.59. The lowest BCUT2D eigenvalue weighted by molar-refractivity contribution is -0.197. The highest BCUT2D eigenvalue weighted by atomic mass is 16.5. The highest BCUT2D eigenvalue weighted by molar-refractivity contribution is 5.89. The van der Waals surface area contributed by atoms with E-state index < -0.39 is 0 Å². The van der Waals surface area contributed by atoms with Crippen molar-refractivity contribution in [1.82, 2.24) is 9.55 Å². The van der Waals surface area contributed by atoms with Crippen LogP contribution in [0.4, 0.5) is 0 Å². The molecule has 4 aliphatic carbocycles. The van der Waals surface area contributed by atoms with Crippen LogP contribution in [0.15, 0.2) is 24.3 Å². The number of aryl methyl sites for hydroxylation is 1. The first-order valence-corrected chi connectivity index (χ1v) is 16.7. The number of para-hydroxylation sites is 2. The Morgan fingerprint density at radius 1 is 0.930 bits per heavy atom. The largest absolute Gasteiger partial charge is 0.463 e. The molecule has 1 heterocycles. The molecule has 0 spiro atoms. The number of carbonyl (C=O) groups excluding carboxylic acids is 3. The van der Waals surface area contributed by atoms with E-state index in [1.54, 1.807) is 18.4 Å². The van der Waals surface area contributed by atoms with E-state index in [4.69, 9.17) is 14.5 Å². The lowest BCUT2D eigenvalue weighted by Gasteiger charge is -2.62. The number of rotatable bonds is 6. The van der Waals surface area contributed by atoms with Crippen LogP contribution in [0.25, 0.3) is 11.0 Å². The number of hydrogen-bond acceptors (Lipinski definition) is 6. The molecule has 0 saturated heterocycles. The molecule has 10 atom stereocenters. The minimum absolute atomic E-state index is 0.0186. The first-order valence-electron chi connectivity index (χ1n) is 16.7. The normalized spacial score (nSPS) is 37.6. The zero-order valence-electron chi connectivity index (χ0n) is 26.9. The van der Waals surface area contributed by atoms with Crippen LogP contribution in [-0.2, 0) is 25.5 Å². The van der Waals surface area contributed by atoms with Crippen molar-refractivity contribution in [3.8, 4) is 0 Å². The van der Waals surface area contributed by atoms with Crippen LogP contribution < -0.4 is 0 Å². The summed E-state index contributed by atoms with van der Waals surface area (Å²) >= 11 is 0. The first-order chi connectivity index (χ1) is 20.4. The Kier molecular flexibility index (Phi) is 8.00. The van der Waals surface area contributed by atoms with Gasteiger partial charge in [-0.1, -0.05) is 32.9 Å². The number of imidazole rings is 1. The first kappa shape index (κ1) is 30.3. The number of fused-ring (bicyclic) bond motifs is 6. The number of aromatic nitrogens is 2. The third-order valence-electron chi connectivity index (χ3n) is 12.8. The second kappa shape index (κ2) is 11.3. The Morgan fingerprint density at radius 3 is 2.35 bits per heavy atom. The topological polar surface area (TPSA) is 87.5 Å². The molecule has 2 aromatic rings. The number of hydrogen-bond donors (Lipinski definition) is 0. The van der Waals surface area contributed by atoms with Crippen molar-refractivity contribution in [3.05, 3.63) is 30.1 Å². The van der Waals surface area contributed by atoms with Gasteiger partial charge in [-0.2, -0.15) is 0 Å². The summed E-state index contributed by atoms with van der Waals surface area (Å²) in [5, 5.41) is 0. The van der Waals surface area contributed by atoms with Crippen molar-refractivity contribution >= 4 is 28.9 Å². The van der Waals surface area contributed by atoms with Gasteiger partial charge in [0.2, 0.25) is 5.91 Å². The molecular formula is C36H50N2O5. The molecule has 234 valence electrons. The van der Waals surface area contributed by atoms with Crippen molar-refractivity contribution in [2.45, 2.75) is 118 Å². The summed E-state index contributed by atoms with van der Waals surface area (Å²) in [5.74, 6) is 3.46. The van der Waals surface area contributed by atoms with Crippen LogP contribution in [0.5, 0.6) is 0 Å². The standard InChI is InChI=1S/C36H50N2O5/c1-21(11-14-33-37-30-9-7-8-10-31(30)38(33)22(2)39)27-12-13-28-34-29(16-18-36(27,28)6)35(5)17-15-26(42-23(3)40)19-25(35)20-32(34)43-24(4)41/h7-10,21,25-29,32,34H,11-20H2,1-6H3/t21-,25?,26-,27-,28+,29+,32-,34+,35+,36-/m1/s1. The molecule has 4 fully saturated rings. The fraction of sp³-hybridized carbons (Fsp3) is 0.722. The van der Waals surface area contributed by atoms with Gasteiger partial charge in [-0.3, -0.25) is 19.0 Å². The van der Waals surface area contributed by atoms with Crippen LogP contribution in [0, 0.1) is 46.3 Å². The number of nitrogens with zero attached hydrogens (tertiary/aromatic N) is 2. The molecule has 1 aromatic carbocycles. The van der Waals surface area contributed by atoms with Gasteiger partial charge in [-0.15, -0.1) is 0 Å². The van der Waals surface area contributed by atoms with Gasteiger partial charge in [0.1, 0.15) is 18.0 Å². The van der Waals surface area contributed by atoms with Crippen molar-refractivity contribution in [3.63, 3.8) is 0 Å². The van der Waals surface area contributed by atoms with Gasteiger partial charge in [0.25, 0.3) is 0 Å². The maximum absolute atomic E-state index is 12.6.